The van der Waals surface area contributed by atoms with Crippen LogP contribution in [-0.4, -0.2) is 54.1 Å². The van der Waals surface area contributed by atoms with Gasteiger partial charge in [-0.1, -0.05) is 6.58 Å². The van der Waals surface area contributed by atoms with Crippen LogP contribution in [0, 0.1) is 0 Å². The Morgan fingerprint density at radius 1 is 0.923 bits per heavy atom. The molecule has 0 aliphatic heterocycles. The van der Waals surface area contributed by atoms with Gasteiger partial charge in [-0.05, 0) is 13.8 Å². The van der Waals surface area contributed by atoms with Crippen molar-refractivity contribution in [2.45, 2.75) is 13.8 Å². The number of nitrogens with two attached hydrogens (primary N) is 2. The van der Waals surface area contributed by atoms with E-state index in [4.69, 9.17) is 20.9 Å². The number of nitrogens with one attached hydrogen (secondary N) is 2. The maximum Gasteiger partial charge on any atom is 0.325 e. The maximum absolute atomic E-state index is 12.0. The summed E-state index contributed by atoms with van der Waals surface area (Å²) in [6.45, 7) is 6.98. The number of aromatic nitrogens is 2. The number of hydrogen-bond acceptors (Lipinski definition) is 10. The Morgan fingerprint density at radius 3 is 1.92 bits per heavy atom. The molecule has 0 saturated carbocycles. The van der Waals surface area contributed by atoms with Gasteiger partial charge in [-0.25, -0.2) is 9.97 Å². The molecule has 1 heterocycles. The molecule has 0 unspecified atom stereocenters. The molecular weight excluding hydrogens is 344 g/mol. The molecule has 0 aromatic carbocycles. The van der Waals surface area contributed by atoms with Gasteiger partial charge >= 0.3 is 11.9 Å². The van der Waals surface area contributed by atoms with E-state index >= 15 is 0 Å². The second-order valence-corrected chi connectivity index (χ2v) is 4.82. The zero-order valence-corrected chi connectivity index (χ0v) is 14.6. The molecule has 0 aliphatic carbocycles. The third-order valence-corrected chi connectivity index (χ3v) is 2.90. The van der Waals surface area contributed by atoms with Crippen molar-refractivity contribution in [2.24, 2.45) is 0 Å². The van der Waals surface area contributed by atoms with E-state index in [0.29, 0.717) is 0 Å². The molecule has 142 valence electrons. The van der Waals surface area contributed by atoms with Crippen LogP contribution < -0.4 is 22.1 Å². The lowest BCUT2D eigenvalue weighted by atomic mass is 10.3. The molecule has 1 aromatic rings. The molecule has 11 heteroatoms. The predicted molar refractivity (Wildman–Crippen MR) is 93.5 cm³/mol. The van der Waals surface area contributed by atoms with Crippen LogP contribution in [-0.2, 0) is 19.1 Å². The number of anilines is 2. The highest BCUT2D eigenvalue weighted by molar-refractivity contribution is 5.98. The fraction of sp³-hybridized carbons (Fsp3) is 0.400. The first-order valence-corrected chi connectivity index (χ1v) is 7.75. The fourth-order valence-electron chi connectivity index (χ4n) is 1.77. The smallest absolute Gasteiger partial charge is 0.325 e. The first kappa shape index (κ1) is 20.7. The number of carbonyl (C=O) groups is 3. The van der Waals surface area contributed by atoms with Gasteiger partial charge in [-0.15, -0.1) is 0 Å². The predicted octanol–water partition coefficient (Wildman–Crippen LogP) is -0.943. The van der Waals surface area contributed by atoms with E-state index in [-0.39, 0.29) is 55.0 Å². The first-order valence-electron chi connectivity index (χ1n) is 7.75. The second kappa shape index (κ2) is 9.81. The summed E-state index contributed by atoms with van der Waals surface area (Å²) in [6, 6.07) is 0. The summed E-state index contributed by atoms with van der Waals surface area (Å²) < 4.78 is 9.46. The summed E-state index contributed by atoms with van der Waals surface area (Å²) in [6.07, 6.45) is 0. The minimum absolute atomic E-state index is 0.0914. The summed E-state index contributed by atoms with van der Waals surface area (Å²) >= 11 is 0. The van der Waals surface area contributed by atoms with E-state index < -0.39 is 17.8 Å². The molecule has 6 N–H and O–H groups in total. The molecule has 0 bridgehead atoms. The van der Waals surface area contributed by atoms with E-state index in [0.717, 1.165) is 0 Å². The molecule has 0 radical (unpaired) electrons. The van der Waals surface area contributed by atoms with Crippen molar-refractivity contribution in [3.8, 4) is 0 Å². The van der Waals surface area contributed by atoms with Crippen molar-refractivity contribution in [3.05, 3.63) is 18.0 Å². The Hall–Kier alpha value is -3.37. The lowest BCUT2D eigenvalue weighted by Crippen LogP contribution is -2.32. The molecule has 26 heavy (non-hydrogen) atoms. The van der Waals surface area contributed by atoms with Gasteiger partial charge in [-0.3, -0.25) is 14.4 Å². The highest BCUT2D eigenvalue weighted by atomic mass is 16.5. The molecule has 0 spiro atoms. The van der Waals surface area contributed by atoms with Crippen LogP contribution in [0.3, 0.4) is 0 Å². The minimum atomic E-state index is -0.730. The summed E-state index contributed by atoms with van der Waals surface area (Å²) in [4.78, 5) is 42.5. The van der Waals surface area contributed by atoms with E-state index in [1.54, 1.807) is 13.8 Å². The molecule has 0 saturated heterocycles. The molecule has 0 fully saturated rings. The molecule has 0 aliphatic rings. The first-order chi connectivity index (χ1) is 12.3. The molecule has 0 atom stereocenters. The summed E-state index contributed by atoms with van der Waals surface area (Å²) in [5.74, 6) is -2.15. The largest absolute Gasteiger partial charge is 0.465 e. The quantitative estimate of drug-likeness (QED) is 0.399. The average Bonchev–Trinajstić information content (AvgIpc) is 2.59. The van der Waals surface area contributed by atoms with Gasteiger partial charge in [0.15, 0.2) is 17.3 Å². The SMILES string of the molecule is C=C(NCC(=O)OCC)c1nc(N)c(C(=O)NCC(=O)OCC)nc1N. The van der Waals surface area contributed by atoms with Crippen molar-refractivity contribution >= 4 is 35.2 Å². The molecule has 1 amide bonds. The minimum Gasteiger partial charge on any atom is -0.465 e. The monoisotopic (exact) mass is 366 g/mol. The maximum atomic E-state index is 12.0. The van der Waals surface area contributed by atoms with Crippen LogP contribution in [0.25, 0.3) is 5.70 Å². The van der Waals surface area contributed by atoms with E-state index in [9.17, 15) is 14.4 Å². The Balaban J connectivity index is 2.80. The van der Waals surface area contributed by atoms with Gasteiger partial charge in [-0.2, -0.15) is 0 Å². The van der Waals surface area contributed by atoms with E-state index in [1.807, 2.05) is 0 Å². The number of nitrogens with zero attached hydrogens (tertiary/aromatic N) is 2. The van der Waals surface area contributed by atoms with Gasteiger partial charge in [0.25, 0.3) is 5.91 Å². The molecular formula is C15H22N6O5. The molecule has 1 rings (SSSR count). The third-order valence-electron chi connectivity index (χ3n) is 2.90. The van der Waals surface area contributed by atoms with Crippen LogP contribution in [0.5, 0.6) is 0 Å². The lowest BCUT2D eigenvalue weighted by molar-refractivity contribution is -0.142. The molecule has 11 nitrogen and oxygen atoms in total. The zero-order chi connectivity index (χ0) is 19.7. The van der Waals surface area contributed by atoms with Crippen LogP contribution in [0.4, 0.5) is 11.6 Å². The highest BCUT2D eigenvalue weighted by Gasteiger charge is 2.19. The second-order valence-electron chi connectivity index (χ2n) is 4.82. The topological polar surface area (TPSA) is 172 Å². The van der Waals surface area contributed by atoms with E-state index in [2.05, 4.69) is 27.2 Å². The van der Waals surface area contributed by atoms with Crippen LogP contribution in [0.15, 0.2) is 6.58 Å². The van der Waals surface area contributed by atoms with Gasteiger partial charge in [0.05, 0.1) is 18.9 Å². The Labute approximate surface area is 150 Å². The van der Waals surface area contributed by atoms with Crippen LogP contribution >= 0.6 is 0 Å². The Bertz CT molecular complexity index is 646. The fourth-order valence-corrected chi connectivity index (χ4v) is 1.77. The number of amides is 1. The van der Waals surface area contributed by atoms with Crippen molar-refractivity contribution in [2.75, 3.05) is 37.8 Å². The van der Waals surface area contributed by atoms with Crippen molar-refractivity contribution in [1.82, 2.24) is 20.6 Å². The van der Waals surface area contributed by atoms with Crippen LogP contribution in [0.2, 0.25) is 0 Å². The standard InChI is InChI=1S/C15H22N6O5/c1-4-25-9(22)6-18-8(3)11-13(16)21-12(14(17)20-11)15(24)19-7-10(23)26-5-2/h18H,3-7H2,1-2H3,(H2,16,21)(H2,17,20)(H,19,24). The lowest BCUT2D eigenvalue weighted by Gasteiger charge is -2.13. The summed E-state index contributed by atoms with van der Waals surface area (Å²) in [7, 11) is 0. The van der Waals surface area contributed by atoms with E-state index in [1.165, 1.54) is 0 Å². The summed E-state index contributed by atoms with van der Waals surface area (Å²) in [5, 5.41) is 4.99. The Kier molecular flexibility index (Phi) is 7.80. The number of hydrogen-bond donors (Lipinski definition) is 4. The van der Waals surface area contributed by atoms with Gasteiger partial charge in [0.2, 0.25) is 0 Å². The third kappa shape index (κ3) is 5.92. The number of ether oxygens (including phenoxy) is 2. The van der Waals surface area contributed by atoms with Crippen molar-refractivity contribution < 1.29 is 23.9 Å². The normalized spacial score (nSPS) is 9.92. The molecule has 1 aromatic heterocycles. The van der Waals surface area contributed by atoms with Gasteiger partial charge < -0.3 is 31.6 Å². The Morgan fingerprint density at radius 2 is 1.38 bits per heavy atom. The number of esters is 2. The number of nitrogen functional groups attached to an aromatic ring is 2. The number of carbonyl (C=O) groups excluding carboxylic acids is 3. The average molecular weight is 366 g/mol. The zero-order valence-electron chi connectivity index (χ0n) is 14.6. The van der Waals surface area contributed by atoms with Crippen molar-refractivity contribution in [1.29, 1.82) is 0 Å². The van der Waals surface area contributed by atoms with Gasteiger partial charge in [0, 0.05) is 0 Å². The number of rotatable bonds is 9. The highest BCUT2D eigenvalue weighted by Crippen LogP contribution is 2.18. The van der Waals surface area contributed by atoms with Gasteiger partial charge in [0.1, 0.15) is 18.8 Å². The van der Waals surface area contributed by atoms with Crippen LogP contribution in [0.1, 0.15) is 30.0 Å². The summed E-state index contributed by atoms with van der Waals surface area (Å²) in [5.41, 5.74) is 11.5. The van der Waals surface area contributed by atoms with Crippen molar-refractivity contribution in [3.63, 3.8) is 0 Å².